The van der Waals surface area contributed by atoms with Gasteiger partial charge in [-0.25, -0.2) is 0 Å². The first kappa shape index (κ1) is 15.1. The van der Waals surface area contributed by atoms with Gasteiger partial charge < -0.3 is 15.2 Å². The maximum Gasteiger partial charge on any atom is 0.259 e. The van der Waals surface area contributed by atoms with E-state index >= 15 is 0 Å². The highest BCUT2D eigenvalue weighted by molar-refractivity contribution is 6.00. The number of ether oxygens (including phenoxy) is 2. The van der Waals surface area contributed by atoms with Crippen molar-refractivity contribution in [1.29, 1.82) is 5.26 Å². The van der Waals surface area contributed by atoms with Crippen molar-refractivity contribution in [1.82, 2.24) is 0 Å². The van der Waals surface area contributed by atoms with Gasteiger partial charge in [-0.3, -0.25) is 4.79 Å². The normalized spacial score (nSPS) is 10.6. The van der Waals surface area contributed by atoms with Gasteiger partial charge in [-0.2, -0.15) is 5.26 Å². The number of carbonyl (C=O) groups is 1. The van der Waals surface area contributed by atoms with E-state index in [1.54, 1.807) is 61.7 Å². The molecule has 0 spiro atoms. The smallest absolute Gasteiger partial charge is 0.259 e. The summed E-state index contributed by atoms with van der Waals surface area (Å²) in [5, 5.41) is 8.85. The molecule has 0 aromatic heterocycles. The van der Waals surface area contributed by atoms with Gasteiger partial charge in [0, 0.05) is 0 Å². The molecule has 0 aliphatic rings. The maximum absolute atomic E-state index is 11.1. The molecule has 0 saturated carbocycles. The van der Waals surface area contributed by atoms with Crippen molar-refractivity contribution < 1.29 is 14.3 Å². The predicted molar refractivity (Wildman–Crippen MR) is 82.3 cm³/mol. The number of primary amides is 1. The van der Waals surface area contributed by atoms with Crippen molar-refractivity contribution in [2.45, 2.75) is 0 Å². The molecule has 0 aliphatic heterocycles. The number of nitriles is 1. The second kappa shape index (κ2) is 6.95. The Kier molecular flexibility index (Phi) is 4.78. The van der Waals surface area contributed by atoms with Gasteiger partial charge in [-0.05, 0) is 48.0 Å². The number of methoxy groups -OCH3 is 1. The van der Waals surface area contributed by atoms with Gasteiger partial charge in [-0.15, -0.1) is 0 Å². The minimum absolute atomic E-state index is 0.110. The molecule has 22 heavy (non-hydrogen) atoms. The van der Waals surface area contributed by atoms with Crippen LogP contribution in [0.15, 0.2) is 54.1 Å². The van der Waals surface area contributed by atoms with Crippen molar-refractivity contribution in [3.8, 4) is 23.3 Å². The van der Waals surface area contributed by atoms with Gasteiger partial charge in [0.2, 0.25) is 0 Å². The zero-order valence-corrected chi connectivity index (χ0v) is 11.9. The van der Waals surface area contributed by atoms with Crippen LogP contribution in [0.25, 0.3) is 6.08 Å². The quantitative estimate of drug-likeness (QED) is 0.678. The van der Waals surface area contributed by atoms with E-state index in [0.29, 0.717) is 17.1 Å². The minimum Gasteiger partial charge on any atom is -0.497 e. The molecule has 2 N–H and O–H groups in total. The second-order valence-corrected chi connectivity index (χ2v) is 4.38. The Balaban J connectivity index is 2.21. The summed E-state index contributed by atoms with van der Waals surface area (Å²) in [6.45, 7) is 0. The zero-order valence-electron chi connectivity index (χ0n) is 11.9. The SMILES string of the molecule is COc1ccc(Oc2cccc(/C=C(/C#N)C(N)=O)c2)cc1. The van der Waals surface area contributed by atoms with Crippen LogP contribution in [0.3, 0.4) is 0 Å². The minimum atomic E-state index is -0.760. The molecule has 5 heteroatoms. The van der Waals surface area contributed by atoms with E-state index in [0.717, 1.165) is 5.75 Å². The fraction of sp³-hybridized carbons (Fsp3) is 0.0588. The van der Waals surface area contributed by atoms with Crippen LogP contribution >= 0.6 is 0 Å². The average molecular weight is 294 g/mol. The summed E-state index contributed by atoms with van der Waals surface area (Å²) in [7, 11) is 1.59. The number of nitrogens with zero attached hydrogens (tertiary/aromatic N) is 1. The van der Waals surface area contributed by atoms with Crippen LogP contribution in [0, 0.1) is 11.3 Å². The summed E-state index contributed by atoms with van der Waals surface area (Å²) < 4.78 is 10.8. The first-order valence-corrected chi connectivity index (χ1v) is 6.46. The van der Waals surface area contributed by atoms with Crippen molar-refractivity contribution >= 4 is 12.0 Å². The highest BCUT2D eigenvalue weighted by Gasteiger charge is 2.04. The second-order valence-electron chi connectivity index (χ2n) is 4.38. The molecular formula is C17H14N2O3. The van der Waals surface area contributed by atoms with Crippen molar-refractivity contribution in [2.75, 3.05) is 7.11 Å². The van der Waals surface area contributed by atoms with Crippen LogP contribution in [0.2, 0.25) is 0 Å². The summed E-state index contributed by atoms with van der Waals surface area (Å²) in [5.74, 6) is 1.21. The third-order valence-electron chi connectivity index (χ3n) is 2.85. The number of hydrogen-bond donors (Lipinski definition) is 1. The summed E-state index contributed by atoms with van der Waals surface area (Å²) >= 11 is 0. The van der Waals surface area contributed by atoms with Crippen LogP contribution in [0.1, 0.15) is 5.56 Å². The molecule has 0 unspecified atom stereocenters. The number of carbonyl (C=O) groups excluding carboxylic acids is 1. The Hall–Kier alpha value is -3.26. The molecule has 0 bridgehead atoms. The first-order chi connectivity index (χ1) is 10.6. The molecule has 2 rings (SSSR count). The van der Waals surface area contributed by atoms with Crippen LogP contribution in [0.5, 0.6) is 17.2 Å². The maximum atomic E-state index is 11.1. The van der Waals surface area contributed by atoms with E-state index in [2.05, 4.69) is 0 Å². The number of amides is 1. The number of hydrogen-bond acceptors (Lipinski definition) is 4. The molecule has 2 aromatic carbocycles. The lowest BCUT2D eigenvalue weighted by Crippen LogP contribution is -2.12. The molecule has 2 aromatic rings. The van der Waals surface area contributed by atoms with Crippen molar-refractivity contribution in [3.05, 3.63) is 59.7 Å². The topological polar surface area (TPSA) is 85.3 Å². The Morgan fingerprint density at radius 2 is 1.82 bits per heavy atom. The van der Waals surface area contributed by atoms with E-state index < -0.39 is 5.91 Å². The number of benzene rings is 2. The van der Waals surface area contributed by atoms with Gasteiger partial charge in [0.05, 0.1) is 7.11 Å². The largest absolute Gasteiger partial charge is 0.497 e. The molecule has 110 valence electrons. The van der Waals surface area contributed by atoms with E-state index in [4.69, 9.17) is 20.5 Å². The van der Waals surface area contributed by atoms with Crippen molar-refractivity contribution in [3.63, 3.8) is 0 Å². The highest BCUT2D eigenvalue weighted by Crippen LogP contribution is 2.25. The van der Waals surface area contributed by atoms with E-state index in [9.17, 15) is 4.79 Å². The Labute approximate surface area is 128 Å². The average Bonchev–Trinajstić information content (AvgIpc) is 2.53. The van der Waals surface area contributed by atoms with Crippen LogP contribution in [-0.2, 0) is 4.79 Å². The fourth-order valence-electron chi connectivity index (χ4n) is 1.77. The molecule has 1 amide bonds. The van der Waals surface area contributed by atoms with Gasteiger partial charge in [-0.1, -0.05) is 12.1 Å². The number of rotatable bonds is 5. The van der Waals surface area contributed by atoms with E-state index in [-0.39, 0.29) is 5.57 Å². The third-order valence-corrected chi connectivity index (χ3v) is 2.85. The molecule has 5 nitrogen and oxygen atoms in total. The third kappa shape index (κ3) is 3.87. The summed E-state index contributed by atoms with van der Waals surface area (Å²) in [5.41, 5.74) is 5.66. The summed E-state index contributed by atoms with van der Waals surface area (Å²) in [6, 6.07) is 15.9. The van der Waals surface area contributed by atoms with Gasteiger partial charge in [0.1, 0.15) is 28.9 Å². The molecule has 0 atom stereocenters. The summed E-state index contributed by atoms with van der Waals surface area (Å²) in [4.78, 5) is 11.1. The number of nitrogens with two attached hydrogens (primary N) is 1. The highest BCUT2D eigenvalue weighted by atomic mass is 16.5. The van der Waals surface area contributed by atoms with Crippen LogP contribution < -0.4 is 15.2 Å². The summed E-state index contributed by atoms with van der Waals surface area (Å²) in [6.07, 6.45) is 1.42. The Morgan fingerprint density at radius 1 is 1.14 bits per heavy atom. The predicted octanol–water partition coefficient (Wildman–Crippen LogP) is 2.88. The van der Waals surface area contributed by atoms with Crippen LogP contribution in [0.4, 0.5) is 0 Å². The zero-order chi connectivity index (χ0) is 15.9. The molecule has 0 heterocycles. The lowest BCUT2D eigenvalue weighted by molar-refractivity contribution is -0.114. The van der Waals surface area contributed by atoms with Gasteiger partial charge in [0.15, 0.2) is 0 Å². The fourth-order valence-corrected chi connectivity index (χ4v) is 1.77. The van der Waals surface area contributed by atoms with Gasteiger partial charge in [0.25, 0.3) is 5.91 Å². The van der Waals surface area contributed by atoms with Crippen molar-refractivity contribution in [2.24, 2.45) is 5.73 Å². The lowest BCUT2D eigenvalue weighted by Gasteiger charge is -2.07. The monoisotopic (exact) mass is 294 g/mol. The Morgan fingerprint density at radius 3 is 2.41 bits per heavy atom. The lowest BCUT2D eigenvalue weighted by atomic mass is 10.1. The standard InChI is InChI=1S/C17H14N2O3/c1-21-14-5-7-15(8-6-14)22-16-4-2-3-12(10-16)9-13(11-18)17(19)20/h2-10H,1H3,(H2,19,20)/b13-9-. The molecule has 0 aliphatic carbocycles. The van der Waals surface area contributed by atoms with E-state index in [1.807, 2.05) is 0 Å². The molecule has 0 fully saturated rings. The van der Waals surface area contributed by atoms with Crippen LogP contribution in [-0.4, -0.2) is 13.0 Å². The van der Waals surface area contributed by atoms with E-state index in [1.165, 1.54) is 6.08 Å². The Bertz CT molecular complexity index is 743. The molecule has 0 saturated heterocycles. The molecule has 0 radical (unpaired) electrons. The van der Waals surface area contributed by atoms with Gasteiger partial charge >= 0.3 is 0 Å². The first-order valence-electron chi connectivity index (χ1n) is 6.46. The molecular weight excluding hydrogens is 280 g/mol.